The Bertz CT molecular complexity index is 660. The van der Waals surface area contributed by atoms with Crippen LogP contribution in [0.5, 0.6) is 5.75 Å². The maximum atomic E-state index is 12.6. The number of rotatable bonds is 6. The predicted octanol–water partition coefficient (Wildman–Crippen LogP) is -0.0764. The van der Waals surface area contributed by atoms with Gasteiger partial charge in [-0.2, -0.15) is 4.31 Å². The number of hydrogen-bond acceptors (Lipinski definition) is 6. The lowest BCUT2D eigenvalue weighted by Gasteiger charge is -2.35. The number of ether oxygens (including phenoxy) is 2. The van der Waals surface area contributed by atoms with E-state index in [1.165, 1.54) is 30.7 Å². The smallest absolute Gasteiger partial charge is 0.243 e. The van der Waals surface area contributed by atoms with Crippen molar-refractivity contribution in [3.63, 3.8) is 0 Å². The zero-order chi connectivity index (χ0) is 17.7. The molecule has 1 amide bonds. The Labute approximate surface area is 154 Å². The molecule has 0 spiro atoms. The Morgan fingerprint density at radius 2 is 1.72 bits per heavy atom. The maximum Gasteiger partial charge on any atom is 0.243 e. The Morgan fingerprint density at radius 3 is 2.20 bits per heavy atom. The zero-order valence-electron chi connectivity index (χ0n) is 14.3. The topological polar surface area (TPSA) is 102 Å². The van der Waals surface area contributed by atoms with Crippen LogP contribution in [-0.2, 0) is 19.6 Å². The van der Waals surface area contributed by atoms with Gasteiger partial charge in [-0.3, -0.25) is 4.79 Å². The molecule has 1 fully saturated rings. The van der Waals surface area contributed by atoms with Crippen molar-refractivity contribution in [1.82, 2.24) is 9.21 Å². The first-order valence-corrected chi connectivity index (χ1v) is 9.01. The monoisotopic (exact) mass is 393 g/mol. The number of nitrogens with zero attached hydrogens (tertiary/aromatic N) is 2. The molecule has 0 bridgehead atoms. The maximum absolute atomic E-state index is 12.6. The summed E-state index contributed by atoms with van der Waals surface area (Å²) in [6, 6.07) is 5.52. The van der Waals surface area contributed by atoms with E-state index in [1.807, 2.05) is 0 Å². The minimum Gasteiger partial charge on any atom is -0.497 e. The molecule has 8 nitrogen and oxygen atoms in total. The molecule has 1 heterocycles. The van der Waals surface area contributed by atoms with E-state index in [0.29, 0.717) is 18.8 Å². The summed E-state index contributed by atoms with van der Waals surface area (Å²) in [5.74, 6) is 0.370. The fraction of sp³-hybridized carbons (Fsp3) is 0.533. The van der Waals surface area contributed by atoms with Gasteiger partial charge in [-0.1, -0.05) is 0 Å². The average molecular weight is 394 g/mol. The van der Waals surface area contributed by atoms with Crippen LogP contribution in [0, 0.1) is 0 Å². The molecule has 1 unspecified atom stereocenters. The molecule has 10 heteroatoms. The molecule has 1 aromatic carbocycles. The lowest BCUT2D eigenvalue weighted by Crippen LogP contribution is -2.55. The number of sulfonamides is 1. The van der Waals surface area contributed by atoms with Crippen LogP contribution in [0.4, 0.5) is 0 Å². The van der Waals surface area contributed by atoms with Crippen molar-refractivity contribution in [3.05, 3.63) is 24.3 Å². The molecule has 0 aliphatic carbocycles. The van der Waals surface area contributed by atoms with Crippen LogP contribution in [0.25, 0.3) is 0 Å². The summed E-state index contributed by atoms with van der Waals surface area (Å²) >= 11 is 0. The third-order valence-electron chi connectivity index (χ3n) is 3.91. The van der Waals surface area contributed by atoms with Crippen LogP contribution in [-0.4, -0.2) is 76.6 Å². The fourth-order valence-electron chi connectivity index (χ4n) is 2.53. The number of methoxy groups -OCH3 is 2. The van der Waals surface area contributed by atoms with Crippen LogP contribution in [0.2, 0.25) is 0 Å². The predicted molar refractivity (Wildman–Crippen MR) is 95.4 cm³/mol. The largest absolute Gasteiger partial charge is 0.497 e. The highest BCUT2D eigenvalue weighted by Crippen LogP contribution is 2.20. The first-order valence-electron chi connectivity index (χ1n) is 7.57. The zero-order valence-corrected chi connectivity index (χ0v) is 15.9. The minimum absolute atomic E-state index is 0. The number of nitrogens with two attached hydrogens (primary N) is 1. The Kier molecular flexibility index (Phi) is 8.10. The van der Waals surface area contributed by atoms with E-state index < -0.39 is 16.1 Å². The molecule has 0 saturated carbocycles. The van der Waals surface area contributed by atoms with Crippen molar-refractivity contribution in [2.75, 3.05) is 47.0 Å². The van der Waals surface area contributed by atoms with Gasteiger partial charge in [0, 0.05) is 33.3 Å². The quantitative estimate of drug-likeness (QED) is 0.725. The van der Waals surface area contributed by atoms with Gasteiger partial charge in [-0.05, 0) is 24.3 Å². The third kappa shape index (κ3) is 5.05. The second kappa shape index (κ2) is 9.35. The first kappa shape index (κ1) is 21.7. The van der Waals surface area contributed by atoms with Gasteiger partial charge in [0.1, 0.15) is 11.8 Å². The lowest BCUT2D eigenvalue weighted by molar-refractivity contribution is -0.134. The highest BCUT2D eigenvalue weighted by Gasteiger charge is 2.31. The van der Waals surface area contributed by atoms with Gasteiger partial charge in [0.15, 0.2) is 0 Å². The number of hydrogen-bond donors (Lipinski definition) is 1. The van der Waals surface area contributed by atoms with Gasteiger partial charge in [-0.25, -0.2) is 8.42 Å². The summed E-state index contributed by atoms with van der Waals surface area (Å²) in [4.78, 5) is 13.9. The van der Waals surface area contributed by atoms with Crippen LogP contribution >= 0.6 is 12.4 Å². The first-order chi connectivity index (χ1) is 11.4. The SMILES string of the molecule is COCC(N)C(=O)N1CCN(S(=O)(=O)c2ccc(OC)cc2)CC1.Cl. The van der Waals surface area contributed by atoms with Crippen LogP contribution in [0.15, 0.2) is 29.2 Å². The Morgan fingerprint density at radius 1 is 1.16 bits per heavy atom. The molecule has 2 N–H and O–H groups in total. The second-order valence-corrected chi connectivity index (χ2v) is 7.40. The standard InChI is InChI=1S/C15H23N3O5S.ClH/c1-22-11-14(16)15(19)17-7-9-18(10-8-17)24(20,21)13-5-3-12(23-2)4-6-13;/h3-6,14H,7-11,16H2,1-2H3;1H. The van der Waals surface area contributed by atoms with Crippen molar-refractivity contribution < 1.29 is 22.7 Å². The molecule has 1 aliphatic rings. The van der Waals surface area contributed by atoms with Crippen LogP contribution in [0.3, 0.4) is 0 Å². The average Bonchev–Trinajstić information content (AvgIpc) is 2.61. The number of carbonyl (C=O) groups is 1. The van der Waals surface area contributed by atoms with Gasteiger partial charge in [0.25, 0.3) is 0 Å². The van der Waals surface area contributed by atoms with Crippen molar-refractivity contribution in [2.24, 2.45) is 5.73 Å². The van der Waals surface area contributed by atoms with E-state index in [1.54, 1.807) is 17.0 Å². The summed E-state index contributed by atoms with van der Waals surface area (Å²) in [7, 11) is -0.582. The van der Waals surface area contributed by atoms with Gasteiger partial charge >= 0.3 is 0 Å². The third-order valence-corrected chi connectivity index (χ3v) is 5.82. The molecule has 1 aromatic rings. The molecule has 2 rings (SSSR count). The van der Waals surface area contributed by atoms with E-state index in [9.17, 15) is 13.2 Å². The highest BCUT2D eigenvalue weighted by molar-refractivity contribution is 7.89. The molecule has 1 saturated heterocycles. The normalized spacial score (nSPS) is 16.8. The van der Waals surface area contributed by atoms with Crippen molar-refractivity contribution >= 4 is 28.3 Å². The molecule has 1 atom stereocenters. The molecule has 0 radical (unpaired) electrons. The Hall–Kier alpha value is -1.39. The lowest BCUT2D eigenvalue weighted by atomic mass is 10.2. The summed E-state index contributed by atoms with van der Waals surface area (Å²) in [6.45, 7) is 1.24. The number of benzene rings is 1. The van der Waals surface area contributed by atoms with Crippen LogP contribution < -0.4 is 10.5 Å². The molecular weight excluding hydrogens is 370 g/mol. The van der Waals surface area contributed by atoms with Crippen molar-refractivity contribution in [1.29, 1.82) is 0 Å². The molecule has 142 valence electrons. The molecule has 1 aliphatic heterocycles. The second-order valence-electron chi connectivity index (χ2n) is 5.47. The number of piperazine rings is 1. The van der Waals surface area contributed by atoms with Crippen LogP contribution in [0.1, 0.15) is 0 Å². The van der Waals surface area contributed by atoms with Gasteiger partial charge in [0.2, 0.25) is 15.9 Å². The van der Waals surface area contributed by atoms with Crippen molar-refractivity contribution in [2.45, 2.75) is 10.9 Å². The van der Waals surface area contributed by atoms with Gasteiger partial charge in [0.05, 0.1) is 18.6 Å². The summed E-state index contributed by atoms with van der Waals surface area (Å²) in [6.07, 6.45) is 0. The highest BCUT2D eigenvalue weighted by atomic mass is 35.5. The van der Waals surface area contributed by atoms with E-state index in [-0.39, 0.29) is 42.9 Å². The Balaban J connectivity index is 0.00000312. The molecule has 0 aromatic heterocycles. The van der Waals surface area contributed by atoms with E-state index in [4.69, 9.17) is 15.2 Å². The van der Waals surface area contributed by atoms with E-state index in [0.717, 1.165) is 0 Å². The van der Waals surface area contributed by atoms with Gasteiger partial charge < -0.3 is 20.1 Å². The fourth-order valence-corrected chi connectivity index (χ4v) is 3.95. The van der Waals surface area contributed by atoms with E-state index in [2.05, 4.69) is 0 Å². The number of carbonyl (C=O) groups excluding carboxylic acids is 1. The minimum atomic E-state index is -3.58. The summed E-state index contributed by atoms with van der Waals surface area (Å²) in [5, 5.41) is 0. The molecular formula is C15H24ClN3O5S. The van der Waals surface area contributed by atoms with E-state index >= 15 is 0 Å². The summed E-state index contributed by atoms with van der Waals surface area (Å²) < 4.78 is 36.6. The number of amides is 1. The van der Waals surface area contributed by atoms with Gasteiger partial charge in [-0.15, -0.1) is 12.4 Å². The van der Waals surface area contributed by atoms with Crippen molar-refractivity contribution in [3.8, 4) is 5.75 Å². The molecule has 25 heavy (non-hydrogen) atoms. The summed E-state index contributed by atoms with van der Waals surface area (Å²) in [5.41, 5.74) is 5.74. The number of halogens is 1.